The lowest BCUT2D eigenvalue weighted by Gasteiger charge is -2.35. The number of nitrogens with one attached hydrogen (secondary N) is 7. The minimum atomic E-state index is -2.44. The van der Waals surface area contributed by atoms with Gasteiger partial charge in [0.05, 0.1) is 56.5 Å². The molecule has 0 radical (unpaired) electrons. The number of β-amino-alcohol motifs (C(OH)–C–C–N with tert-alkyl or cyclic N) is 1. The lowest BCUT2D eigenvalue weighted by Crippen LogP contribution is -2.59. The first-order valence-electron chi connectivity index (χ1n) is 33.5. The molecule has 1 aliphatic carbocycles. The fourth-order valence-electron chi connectivity index (χ4n) is 12.8. The van der Waals surface area contributed by atoms with Gasteiger partial charge in [-0.3, -0.25) is 52.7 Å². The quantitative estimate of drug-likeness (QED) is 0.0157. The Bertz CT molecular complexity index is 3680. The lowest BCUT2D eigenvalue weighted by atomic mass is 9.80. The molecule has 13 N–H and O–H groups in total. The number of amides is 9. The summed E-state index contributed by atoms with van der Waals surface area (Å²) in [7, 11) is 1.50. The highest BCUT2D eigenvalue weighted by molar-refractivity contribution is 7.91. The Hall–Kier alpha value is -9.42. The van der Waals surface area contributed by atoms with Crippen molar-refractivity contribution in [1.29, 1.82) is 0 Å². The van der Waals surface area contributed by atoms with E-state index in [2.05, 4.69) is 43.5 Å². The number of benzene rings is 2. The average Bonchev–Trinajstić information content (AvgIpc) is 1.56. The number of hydrogen-bond donors (Lipinski definition) is 11. The number of aromatic amines is 1. The molecule has 1 saturated carbocycles. The first-order valence-corrected chi connectivity index (χ1v) is 34.8. The van der Waals surface area contributed by atoms with Crippen LogP contribution in [-0.4, -0.2) is 232 Å². The highest BCUT2D eigenvalue weighted by Crippen LogP contribution is 2.46. The topological polar surface area (TPSA) is 497 Å². The Kier molecular flexibility index (Phi) is 26.8. The molecule has 7 heterocycles. The number of aromatic nitrogens is 1. The van der Waals surface area contributed by atoms with Crippen molar-refractivity contribution >= 4 is 99.1 Å². The number of aliphatic hydroxyl groups excluding tert-OH is 2. The first-order chi connectivity index (χ1) is 48.4. The van der Waals surface area contributed by atoms with E-state index in [1.54, 1.807) is 25.1 Å². The molecule has 3 fully saturated rings. The number of primary amides is 1. The largest absolute Gasteiger partial charge is 0.610 e. The van der Waals surface area contributed by atoms with Gasteiger partial charge in [-0.1, -0.05) is 45.4 Å². The van der Waals surface area contributed by atoms with E-state index >= 15 is 4.55 Å². The van der Waals surface area contributed by atoms with Crippen LogP contribution in [0.25, 0.3) is 10.9 Å². The van der Waals surface area contributed by atoms with E-state index in [1.807, 2.05) is 0 Å². The number of aliphatic hydroxyl groups is 2. The van der Waals surface area contributed by atoms with E-state index < -0.39 is 198 Å². The number of H-pyrrole nitrogens is 1. The van der Waals surface area contributed by atoms with Crippen LogP contribution in [0, 0.1) is 17.8 Å². The zero-order valence-corrected chi connectivity index (χ0v) is 58.2. The van der Waals surface area contributed by atoms with Gasteiger partial charge in [0, 0.05) is 93.8 Å². The number of ketones is 1. The van der Waals surface area contributed by atoms with Crippen LogP contribution in [0.15, 0.2) is 54.1 Å². The van der Waals surface area contributed by atoms with Gasteiger partial charge in [0.1, 0.15) is 65.8 Å². The Morgan fingerprint density at radius 3 is 2.32 bits per heavy atom. The van der Waals surface area contributed by atoms with Crippen LogP contribution in [0.2, 0.25) is 0 Å². The first kappa shape index (κ1) is 78.3. The molecule has 34 nitrogen and oxygen atoms in total. The van der Waals surface area contributed by atoms with E-state index in [1.165, 1.54) is 63.9 Å². The van der Waals surface area contributed by atoms with Crippen molar-refractivity contribution in [2.75, 3.05) is 58.8 Å². The van der Waals surface area contributed by atoms with Crippen molar-refractivity contribution in [2.24, 2.45) is 29.2 Å². The van der Waals surface area contributed by atoms with Gasteiger partial charge in [-0.15, -0.1) is 0 Å². The minimum Gasteiger partial charge on any atom is -0.610 e. The van der Waals surface area contributed by atoms with Crippen molar-refractivity contribution in [3.63, 3.8) is 0 Å². The van der Waals surface area contributed by atoms with Gasteiger partial charge in [0.2, 0.25) is 58.6 Å². The van der Waals surface area contributed by atoms with Crippen molar-refractivity contribution in [3.05, 3.63) is 65.7 Å². The molecule has 4 unspecified atom stereocenters. The van der Waals surface area contributed by atoms with E-state index in [0.717, 1.165) is 4.90 Å². The molecule has 3 aromatic rings. The zero-order chi connectivity index (χ0) is 74.4. The standard InChI is InChI=1S/C67H89N11O23S/c1-8-18-95-64(92)45-19-37(13-16-50(45)101-65-51(100-36(6)81)21-41(31-97-65)99-35(5)80)29-98-66(93)77(7)17-11-10-12-38-30-96-40-14-15-43-44-22-47(73-60(89)56(69)33(3)34(4)79)58(87)70-27-55(86)76-57(42(38)9-2)61(90)71-26-54(85)72-49(32-102(94)62(44)75-46(43)20-40)59(88)74-48(23-53(68)84)63(91)78-28-39(82)24-67(78)25-52(67)83/h8,13-16,19-20,33-34,38-39,41-42,47-49,51,56-57,65,75,79,82H,1,9-12,17-18,21-32,69H2,2-7H3,(H2,68,84)(H,70,87)(H,71,90)(H,72,85)(H,73,89)(H,74,88)(H,76,86)/t33-,34-,38?,39+,41-,42+,47-,48-,49?,51+,56-,57-,65-,67?,102?/m0/s1. The molecule has 2 aromatic carbocycles. The highest BCUT2D eigenvalue weighted by Gasteiger charge is 2.64. The van der Waals surface area contributed by atoms with Crippen LogP contribution in [0.5, 0.6) is 11.5 Å². The predicted molar refractivity (Wildman–Crippen MR) is 357 cm³/mol. The fourth-order valence-corrected chi connectivity index (χ4v) is 14.2. The highest BCUT2D eigenvalue weighted by atomic mass is 32.2. The van der Waals surface area contributed by atoms with Gasteiger partial charge in [-0.25, -0.2) is 9.59 Å². The van der Waals surface area contributed by atoms with Gasteiger partial charge in [-0.2, -0.15) is 0 Å². The van der Waals surface area contributed by atoms with Crippen molar-refractivity contribution in [3.8, 4) is 11.5 Å². The molecular weight excluding hydrogens is 1360 g/mol. The van der Waals surface area contributed by atoms with E-state index in [9.17, 15) is 72.5 Å². The maximum atomic E-state index is 15.2. The van der Waals surface area contributed by atoms with E-state index in [4.69, 9.17) is 44.6 Å². The van der Waals surface area contributed by atoms with Crippen LogP contribution in [0.3, 0.4) is 0 Å². The van der Waals surface area contributed by atoms with Crippen LogP contribution in [-0.2, 0) is 101 Å². The zero-order valence-electron chi connectivity index (χ0n) is 57.4. The number of carbonyl (C=O) groups excluding carboxylic acids is 13. The maximum absolute atomic E-state index is 15.2. The summed E-state index contributed by atoms with van der Waals surface area (Å²) in [6, 6.07) is 0.934. The van der Waals surface area contributed by atoms with Gasteiger partial charge in [-0.05, 0) is 61.4 Å². The number of carbonyl (C=O) groups is 13. The van der Waals surface area contributed by atoms with Gasteiger partial charge in [0.25, 0.3) is 0 Å². The molecule has 10 rings (SSSR count). The maximum Gasteiger partial charge on any atom is 0.409 e. The number of rotatable bonds is 24. The smallest absolute Gasteiger partial charge is 0.409 e. The van der Waals surface area contributed by atoms with Crippen LogP contribution < -0.4 is 52.8 Å². The second kappa shape index (κ2) is 35.0. The van der Waals surface area contributed by atoms with Gasteiger partial charge in [0.15, 0.2) is 17.9 Å². The molecule has 2 saturated heterocycles. The number of Topliss-reactive ketones (excluding diaryl/α,β-unsaturated/α-hetero) is 1. The van der Waals surface area contributed by atoms with E-state index in [0.29, 0.717) is 23.8 Å². The SMILES string of the molecule is C=CCOC(=O)c1cc(COC(=O)N(C)CCCCC2COc3ccc4c5c([nH]c4c3)[S+]([O-])CC(C(=O)N[C@@H](CC(N)=O)C(=O)N3C[C@H](O)CC34CC4=O)NC(=O)CNC(=O)[C@@H](NC(=O)CNC(=O)[C@@H](NC(=O)[C@@H](N)[C@@H](C)[C@H](C)O)C5)[C@@H]2CC)ccc1O[C@@H]1OC[C@@H](OC(C)=O)C[C@H]1OC(C)=O. The number of likely N-dealkylation sites (tertiary alicyclic amines) is 1. The summed E-state index contributed by atoms with van der Waals surface area (Å²) < 4.78 is 55.2. The number of hydrogen-bond acceptors (Lipinski definition) is 24. The summed E-state index contributed by atoms with van der Waals surface area (Å²) in [6.07, 6.45) is -4.90. The number of ether oxygens (including phenoxy) is 7. The Morgan fingerprint density at radius 1 is 0.951 bits per heavy atom. The molecule has 102 heavy (non-hydrogen) atoms. The molecule has 556 valence electrons. The molecule has 1 spiro atoms. The average molecular weight is 1450 g/mol. The molecule has 15 atom stereocenters. The molecule has 6 bridgehead atoms. The Balaban J connectivity index is 1.05. The second-order valence-electron chi connectivity index (χ2n) is 26.1. The summed E-state index contributed by atoms with van der Waals surface area (Å²) in [5, 5.41) is 36.4. The third-order valence-electron chi connectivity index (χ3n) is 18.5. The normalized spacial score (nSPS) is 25.8. The summed E-state index contributed by atoms with van der Waals surface area (Å²) in [6.45, 7) is 8.13. The van der Waals surface area contributed by atoms with Crippen LogP contribution in [0.4, 0.5) is 4.79 Å². The number of nitrogens with two attached hydrogens (primary N) is 2. The number of esters is 3. The van der Waals surface area contributed by atoms with Gasteiger partial charge < -0.3 is 106 Å². The fraction of sp³-hybridized carbons (Fsp3) is 0.567. The molecule has 7 aliphatic rings. The molecule has 6 aliphatic heterocycles. The predicted octanol–water partition coefficient (Wildman–Crippen LogP) is -1.67. The number of fused-ring (bicyclic) bond motifs is 8. The third-order valence-corrected chi connectivity index (χ3v) is 19.9. The van der Waals surface area contributed by atoms with Crippen molar-refractivity contribution < 1.29 is 110 Å². The molecule has 9 amide bonds. The summed E-state index contributed by atoms with van der Waals surface area (Å²) in [5.74, 6) is -13.2. The lowest BCUT2D eigenvalue weighted by molar-refractivity contribution is -0.220. The van der Waals surface area contributed by atoms with Crippen LogP contribution >= 0.6 is 0 Å². The molecular formula is C67H89N11O23S. The number of nitrogens with zero attached hydrogens (tertiary/aromatic N) is 2. The second-order valence-corrected chi connectivity index (χ2v) is 27.5. The minimum absolute atomic E-state index is 0.0331. The van der Waals surface area contributed by atoms with Gasteiger partial charge >= 0.3 is 24.0 Å². The summed E-state index contributed by atoms with van der Waals surface area (Å²) >= 11 is -2.44. The number of unbranched alkanes of at least 4 members (excludes halogenated alkanes) is 1. The van der Waals surface area contributed by atoms with E-state index in [-0.39, 0.29) is 111 Å². The van der Waals surface area contributed by atoms with Crippen LogP contribution in [0.1, 0.15) is 107 Å². The third kappa shape index (κ3) is 20.0. The van der Waals surface area contributed by atoms with Crippen molar-refractivity contribution in [1.82, 2.24) is 46.7 Å². The van der Waals surface area contributed by atoms with Crippen molar-refractivity contribution in [2.45, 2.75) is 170 Å². The molecule has 1 aromatic heterocycles. The summed E-state index contributed by atoms with van der Waals surface area (Å²) in [5.41, 5.74) is 11.1. The monoisotopic (exact) mass is 1450 g/mol. The Morgan fingerprint density at radius 2 is 1.66 bits per heavy atom. The molecule has 35 heteroatoms. The summed E-state index contributed by atoms with van der Waals surface area (Å²) in [4.78, 5) is 182. The Labute approximate surface area is 589 Å².